The summed E-state index contributed by atoms with van der Waals surface area (Å²) in [5, 5.41) is 5.00. The Morgan fingerprint density at radius 2 is 1.71 bits per heavy atom. The molecule has 0 bridgehead atoms. The first-order valence-electron chi connectivity index (χ1n) is 7.30. The first-order valence-corrected chi connectivity index (χ1v) is 9.27. The maximum absolute atomic E-state index is 12.1. The topological polar surface area (TPSA) is 92.3 Å². The van der Waals surface area contributed by atoms with Crippen LogP contribution in [0.4, 0.5) is 0 Å². The third-order valence-electron chi connectivity index (χ3n) is 2.79. The van der Waals surface area contributed by atoms with Gasteiger partial charge in [-0.25, -0.2) is 0 Å². The second-order valence-corrected chi connectivity index (χ2v) is 7.11. The fourth-order valence-electron chi connectivity index (χ4n) is 1.73. The van der Waals surface area contributed by atoms with Crippen LogP contribution in [0.2, 0.25) is 0 Å². The van der Waals surface area contributed by atoms with Crippen molar-refractivity contribution in [1.29, 1.82) is 0 Å². The second-order valence-electron chi connectivity index (χ2n) is 4.85. The summed E-state index contributed by atoms with van der Waals surface area (Å²) in [6.07, 6.45) is 0. The van der Waals surface area contributed by atoms with Gasteiger partial charge in [-0.15, -0.1) is 0 Å². The van der Waals surface area contributed by atoms with Crippen molar-refractivity contribution in [2.75, 3.05) is 18.1 Å². The zero-order valence-corrected chi connectivity index (χ0v) is 15.2. The van der Waals surface area contributed by atoms with Crippen molar-refractivity contribution in [2.24, 2.45) is 0 Å². The maximum Gasteiger partial charge on any atom is 0.243 e. The lowest BCUT2D eigenvalue weighted by Gasteiger charge is -2.16. The van der Waals surface area contributed by atoms with Crippen molar-refractivity contribution in [3.63, 3.8) is 0 Å². The average molecular weight is 368 g/mol. The number of benzene rings is 1. The van der Waals surface area contributed by atoms with Crippen molar-refractivity contribution >= 4 is 45.6 Å². The summed E-state index contributed by atoms with van der Waals surface area (Å²) in [4.78, 5) is 46.1. The van der Waals surface area contributed by atoms with Gasteiger partial charge in [-0.2, -0.15) is 0 Å². The summed E-state index contributed by atoms with van der Waals surface area (Å²) in [7, 11) is 0. The van der Waals surface area contributed by atoms with Gasteiger partial charge in [-0.1, -0.05) is 53.9 Å². The van der Waals surface area contributed by atoms with Crippen molar-refractivity contribution in [2.45, 2.75) is 19.9 Å². The highest BCUT2D eigenvalue weighted by atomic mass is 32.2. The molecule has 0 saturated carbocycles. The van der Waals surface area contributed by atoms with E-state index in [1.807, 2.05) is 6.07 Å². The van der Waals surface area contributed by atoms with Gasteiger partial charge < -0.3 is 10.6 Å². The molecule has 6 nitrogen and oxygen atoms in total. The first-order chi connectivity index (χ1) is 11.4. The predicted octanol–water partition coefficient (Wildman–Crippen LogP) is 1.46. The van der Waals surface area contributed by atoms with Crippen LogP contribution in [-0.2, 0) is 14.4 Å². The molecule has 130 valence electrons. The fourth-order valence-corrected chi connectivity index (χ4v) is 3.06. The molecule has 0 unspecified atom stereocenters. The minimum absolute atomic E-state index is 0.0598. The molecule has 0 fully saturated rings. The van der Waals surface area contributed by atoms with E-state index in [9.17, 15) is 19.2 Å². The van der Waals surface area contributed by atoms with E-state index >= 15 is 0 Å². The fraction of sp³-hybridized carbons (Fsp3) is 0.375. The third-order valence-corrected chi connectivity index (χ3v) is 4.60. The molecule has 2 N–H and O–H groups in total. The number of hydrogen-bond acceptors (Lipinski definition) is 6. The lowest BCUT2D eigenvalue weighted by atomic mass is 10.2. The van der Waals surface area contributed by atoms with Crippen LogP contribution in [-0.4, -0.2) is 46.1 Å². The van der Waals surface area contributed by atoms with Gasteiger partial charge >= 0.3 is 0 Å². The highest BCUT2D eigenvalue weighted by molar-refractivity contribution is 8.14. The Labute approximate surface area is 149 Å². The van der Waals surface area contributed by atoms with Crippen LogP contribution in [0.15, 0.2) is 30.3 Å². The number of rotatable bonds is 8. The van der Waals surface area contributed by atoms with E-state index in [2.05, 4.69) is 10.6 Å². The number of hydrogen-bond donors (Lipinski definition) is 2. The Balaban J connectivity index is 2.37. The van der Waals surface area contributed by atoms with Crippen LogP contribution in [0.5, 0.6) is 0 Å². The Bertz CT molecular complexity index is 593. The van der Waals surface area contributed by atoms with E-state index in [4.69, 9.17) is 0 Å². The van der Waals surface area contributed by atoms with Crippen molar-refractivity contribution < 1.29 is 19.2 Å². The number of nitrogens with one attached hydrogen (secondary N) is 2. The van der Waals surface area contributed by atoms with E-state index < -0.39 is 6.04 Å². The average Bonchev–Trinajstić information content (AvgIpc) is 2.55. The van der Waals surface area contributed by atoms with Crippen molar-refractivity contribution in [1.82, 2.24) is 10.6 Å². The smallest absolute Gasteiger partial charge is 0.243 e. The predicted molar refractivity (Wildman–Crippen MR) is 97.0 cm³/mol. The van der Waals surface area contributed by atoms with Crippen molar-refractivity contribution in [3.05, 3.63) is 35.9 Å². The summed E-state index contributed by atoms with van der Waals surface area (Å²) in [5.74, 6) is -0.109. The highest BCUT2D eigenvalue weighted by Crippen LogP contribution is 2.11. The summed E-state index contributed by atoms with van der Waals surface area (Å²) in [6.45, 7) is 3.01. The zero-order chi connectivity index (χ0) is 17.9. The van der Waals surface area contributed by atoms with Gasteiger partial charge in [0.15, 0.2) is 5.12 Å². The first kappa shape index (κ1) is 20.2. The summed E-state index contributed by atoms with van der Waals surface area (Å²) >= 11 is 2.09. The summed E-state index contributed by atoms with van der Waals surface area (Å²) in [6, 6.07) is 8.12. The lowest BCUT2D eigenvalue weighted by molar-refractivity contribution is -0.127. The van der Waals surface area contributed by atoms with Gasteiger partial charge in [0.25, 0.3) is 0 Å². The highest BCUT2D eigenvalue weighted by Gasteiger charge is 2.20. The number of carbonyl (C=O) groups excluding carboxylic acids is 4. The molecule has 0 aliphatic carbocycles. The summed E-state index contributed by atoms with van der Waals surface area (Å²) < 4.78 is 0. The van der Waals surface area contributed by atoms with Gasteiger partial charge in [0.05, 0.1) is 0 Å². The van der Waals surface area contributed by atoms with E-state index in [1.165, 1.54) is 13.8 Å². The molecular weight excluding hydrogens is 348 g/mol. The van der Waals surface area contributed by atoms with Gasteiger partial charge in [-0.05, 0) is 0 Å². The van der Waals surface area contributed by atoms with Gasteiger partial charge in [-0.3, -0.25) is 19.2 Å². The molecule has 1 aromatic rings. The van der Waals surface area contributed by atoms with Crippen LogP contribution in [0, 0.1) is 0 Å². The van der Waals surface area contributed by atoms with E-state index in [0.29, 0.717) is 17.9 Å². The quantitative estimate of drug-likeness (QED) is 0.675. The van der Waals surface area contributed by atoms with Crippen LogP contribution in [0.25, 0.3) is 0 Å². The Morgan fingerprint density at radius 1 is 1.04 bits per heavy atom. The maximum atomic E-state index is 12.1. The second kappa shape index (κ2) is 10.9. The Morgan fingerprint density at radius 3 is 2.29 bits per heavy atom. The zero-order valence-electron chi connectivity index (χ0n) is 13.5. The van der Waals surface area contributed by atoms with Crippen LogP contribution >= 0.6 is 23.5 Å². The number of thioether (sulfide) groups is 2. The molecular formula is C16H20N2O4S2. The number of amides is 2. The largest absolute Gasteiger partial charge is 0.353 e. The van der Waals surface area contributed by atoms with Gasteiger partial charge in [0.1, 0.15) is 6.04 Å². The molecule has 2 amide bonds. The Kier molecular flexibility index (Phi) is 9.18. The third kappa shape index (κ3) is 8.16. The molecule has 0 aromatic heterocycles. The van der Waals surface area contributed by atoms with Crippen LogP contribution < -0.4 is 10.6 Å². The van der Waals surface area contributed by atoms with Gasteiger partial charge in [0.2, 0.25) is 16.9 Å². The van der Waals surface area contributed by atoms with E-state index in [-0.39, 0.29) is 27.8 Å². The molecule has 0 radical (unpaired) electrons. The molecule has 1 aromatic carbocycles. The molecule has 24 heavy (non-hydrogen) atoms. The number of carbonyl (C=O) groups is 4. The molecule has 8 heteroatoms. The standard InChI is InChI=1S/C16H20N2O4S2/c1-11(19)18-14(10-24-12(2)20)15(21)17-8-9-23-16(22)13-6-4-3-5-7-13/h3-7,14H,8-10H2,1-2H3,(H,17,21)(H,18,19)/t14-/m0/s1. The minimum atomic E-state index is -0.772. The monoisotopic (exact) mass is 368 g/mol. The van der Waals surface area contributed by atoms with Crippen LogP contribution in [0.1, 0.15) is 24.2 Å². The van der Waals surface area contributed by atoms with Crippen LogP contribution in [0.3, 0.4) is 0 Å². The summed E-state index contributed by atoms with van der Waals surface area (Å²) in [5.41, 5.74) is 0.614. The lowest BCUT2D eigenvalue weighted by Crippen LogP contribution is -2.48. The Hall–Kier alpha value is -1.80. The molecule has 0 aliphatic heterocycles. The molecule has 1 rings (SSSR count). The molecule has 0 aliphatic rings. The van der Waals surface area contributed by atoms with Gasteiger partial charge in [0, 0.05) is 37.5 Å². The SMILES string of the molecule is CC(=O)N[C@@H](CSC(C)=O)C(=O)NCCSC(=O)c1ccccc1. The molecule has 0 heterocycles. The van der Waals surface area contributed by atoms with Crippen molar-refractivity contribution in [3.8, 4) is 0 Å². The van der Waals surface area contributed by atoms with E-state index in [1.54, 1.807) is 24.3 Å². The van der Waals surface area contributed by atoms with E-state index in [0.717, 1.165) is 23.5 Å². The minimum Gasteiger partial charge on any atom is -0.353 e. The normalized spacial score (nSPS) is 11.4. The molecule has 0 saturated heterocycles. The molecule has 1 atom stereocenters. The molecule has 0 spiro atoms.